The molecule has 150 valence electrons. The molecule has 0 saturated carbocycles. The van der Waals surface area contributed by atoms with Crippen LogP contribution in [0.4, 0.5) is 0 Å². The van der Waals surface area contributed by atoms with E-state index in [4.69, 9.17) is 32.1 Å². The molecule has 0 radical (unpaired) electrons. The van der Waals surface area contributed by atoms with Crippen LogP contribution in [-0.2, 0) is 19.9 Å². The summed E-state index contributed by atoms with van der Waals surface area (Å²) in [4.78, 5) is 0. The number of rotatable bonds is 16. The second kappa shape index (κ2) is 24.8. The van der Waals surface area contributed by atoms with Gasteiger partial charge in [-0.1, -0.05) is 64.7 Å². The average Bonchev–Trinajstić information content (AvgIpc) is 2.49. The van der Waals surface area contributed by atoms with Crippen LogP contribution in [0.1, 0.15) is 72.6 Å². The molecule has 0 fully saturated rings. The van der Waals surface area contributed by atoms with Crippen molar-refractivity contribution in [2.75, 3.05) is 33.0 Å². The van der Waals surface area contributed by atoms with E-state index in [1.165, 1.54) is 57.8 Å². The largest absolute Gasteiger partial charge is 1.00 e. The zero-order valence-corrected chi connectivity index (χ0v) is 18.8. The van der Waals surface area contributed by atoms with E-state index in [1.54, 1.807) is 0 Å². The Labute approximate surface area is 177 Å². The molecule has 0 aromatic heterocycles. The summed E-state index contributed by atoms with van der Waals surface area (Å²) in [6.45, 7) is 4.87. The SMILES string of the molecule is CCCCCCCCCCCCOCCOCCO.O=S(=O)(O)O.[H-].[Na+]. The fourth-order valence-electron chi connectivity index (χ4n) is 2.08. The smallest absolute Gasteiger partial charge is 1.00 e. The Morgan fingerprint density at radius 1 is 0.720 bits per heavy atom. The fraction of sp³-hybridized carbons (Fsp3) is 1.00. The van der Waals surface area contributed by atoms with Gasteiger partial charge in [0.2, 0.25) is 0 Å². The molecule has 0 aromatic rings. The van der Waals surface area contributed by atoms with Crippen LogP contribution in [0.15, 0.2) is 0 Å². The minimum atomic E-state index is -4.67. The number of hydrogen-bond donors (Lipinski definition) is 3. The summed E-state index contributed by atoms with van der Waals surface area (Å²) in [5.74, 6) is 0. The summed E-state index contributed by atoms with van der Waals surface area (Å²) in [5.41, 5.74) is 0. The molecule has 9 heteroatoms. The van der Waals surface area contributed by atoms with Crippen LogP contribution in [0, 0.1) is 0 Å². The van der Waals surface area contributed by atoms with E-state index in [1.807, 2.05) is 0 Å². The Morgan fingerprint density at radius 3 is 1.48 bits per heavy atom. The van der Waals surface area contributed by atoms with Crippen molar-refractivity contribution in [2.45, 2.75) is 71.1 Å². The fourth-order valence-corrected chi connectivity index (χ4v) is 2.08. The van der Waals surface area contributed by atoms with Crippen LogP contribution < -0.4 is 29.6 Å². The summed E-state index contributed by atoms with van der Waals surface area (Å²) >= 11 is 0. The maximum absolute atomic E-state index is 8.74. The molecule has 0 heterocycles. The Hall–Kier alpha value is 0.750. The first-order valence-electron chi connectivity index (χ1n) is 8.88. The summed E-state index contributed by atoms with van der Waals surface area (Å²) < 4.78 is 42.1. The van der Waals surface area contributed by atoms with E-state index >= 15 is 0 Å². The quantitative estimate of drug-likeness (QED) is 0.197. The van der Waals surface area contributed by atoms with Gasteiger partial charge in [0.1, 0.15) is 0 Å². The van der Waals surface area contributed by atoms with Crippen LogP contribution >= 0.6 is 0 Å². The molecule has 0 amide bonds. The third kappa shape index (κ3) is 45.7. The molecule has 0 atom stereocenters. The summed E-state index contributed by atoms with van der Waals surface area (Å²) in [6.07, 6.45) is 13.6. The van der Waals surface area contributed by atoms with Crippen molar-refractivity contribution in [2.24, 2.45) is 0 Å². The first kappa shape index (κ1) is 30.5. The van der Waals surface area contributed by atoms with E-state index in [9.17, 15) is 0 Å². The van der Waals surface area contributed by atoms with Crippen LogP contribution in [0.5, 0.6) is 0 Å². The van der Waals surface area contributed by atoms with Crippen LogP contribution in [0.2, 0.25) is 0 Å². The molecule has 0 aliphatic rings. The summed E-state index contributed by atoms with van der Waals surface area (Å²) in [7, 11) is -4.67. The first-order chi connectivity index (χ1) is 11.4. The molecule has 7 nitrogen and oxygen atoms in total. The van der Waals surface area contributed by atoms with Gasteiger partial charge in [0.05, 0.1) is 26.4 Å². The average molecular weight is 397 g/mol. The molecule has 0 rings (SSSR count). The monoisotopic (exact) mass is 396 g/mol. The maximum Gasteiger partial charge on any atom is 1.00 e. The van der Waals surface area contributed by atoms with Gasteiger partial charge in [0.25, 0.3) is 0 Å². The predicted molar refractivity (Wildman–Crippen MR) is 95.9 cm³/mol. The molecule has 3 N–H and O–H groups in total. The standard InChI is InChI=1S/C16H34O3.Na.H2O4S.H/c1-2-3-4-5-6-7-8-9-10-11-13-18-15-16-19-14-12-17;;1-5(2,3)4;/h17H,2-16H2,1H3;;(H2,1,2,3,4);/q;+1;;-1. The number of aliphatic hydroxyl groups is 1. The molecular formula is C16H37NaO7S. The van der Waals surface area contributed by atoms with Gasteiger partial charge in [-0.05, 0) is 6.42 Å². The number of aliphatic hydroxyl groups excluding tert-OH is 1. The Morgan fingerprint density at radius 2 is 1.08 bits per heavy atom. The first-order valence-corrected chi connectivity index (χ1v) is 10.3. The molecule has 0 unspecified atom stereocenters. The van der Waals surface area contributed by atoms with Crippen molar-refractivity contribution in [1.29, 1.82) is 0 Å². The maximum atomic E-state index is 8.74. The van der Waals surface area contributed by atoms with E-state index in [-0.39, 0.29) is 37.6 Å². The molecule has 0 bridgehead atoms. The zero-order chi connectivity index (χ0) is 18.5. The van der Waals surface area contributed by atoms with Crippen LogP contribution in [0.3, 0.4) is 0 Å². The van der Waals surface area contributed by atoms with E-state index in [0.29, 0.717) is 19.8 Å². The number of hydrogen-bond acceptors (Lipinski definition) is 5. The molecule has 0 aromatic carbocycles. The van der Waals surface area contributed by atoms with E-state index < -0.39 is 10.4 Å². The van der Waals surface area contributed by atoms with E-state index in [0.717, 1.165) is 13.0 Å². The molecular weight excluding hydrogens is 359 g/mol. The van der Waals surface area contributed by atoms with Gasteiger partial charge < -0.3 is 16.0 Å². The third-order valence-electron chi connectivity index (χ3n) is 3.25. The number of ether oxygens (including phenoxy) is 2. The zero-order valence-electron chi connectivity index (χ0n) is 17.0. The second-order valence-electron chi connectivity index (χ2n) is 5.58. The summed E-state index contributed by atoms with van der Waals surface area (Å²) in [6, 6.07) is 0. The third-order valence-corrected chi connectivity index (χ3v) is 3.25. The molecule has 25 heavy (non-hydrogen) atoms. The Bertz CT molecular complexity index is 309. The van der Waals surface area contributed by atoms with Gasteiger partial charge >= 0.3 is 40.0 Å². The second-order valence-corrected chi connectivity index (χ2v) is 6.47. The Kier molecular flexibility index (Phi) is 30.2. The Balaban J connectivity index is -0.000000304. The predicted octanol–water partition coefficient (Wildman–Crippen LogP) is 0.397. The van der Waals surface area contributed by atoms with Gasteiger partial charge in [0, 0.05) is 6.61 Å². The van der Waals surface area contributed by atoms with Gasteiger partial charge in [-0.25, -0.2) is 0 Å². The van der Waals surface area contributed by atoms with Crippen LogP contribution in [0.25, 0.3) is 0 Å². The molecule has 0 aliphatic heterocycles. The van der Waals surface area contributed by atoms with Crippen LogP contribution in [-0.4, -0.2) is 55.7 Å². The van der Waals surface area contributed by atoms with Crippen molar-refractivity contribution >= 4 is 10.4 Å². The normalized spacial score (nSPS) is 10.7. The van der Waals surface area contributed by atoms with Gasteiger partial charge in [-0.2, -0.15) is 8.42 Å². The van der Waals surface area contributed by atoms with E-state index in [2.05, 4.69) is 6.92 Å². The van der Waals surface area contributed by atoms with Gasteiger partial charge in [-0.3, -0.25) is 9.11 Å². The van der Waals surface area contributed by atoms with Gasteiger partial charge in [-0.15, -0.1) is 0 Å². The minimum absolute atomic E-state index is 0. The van der Waals surface area contributed by atoms with Crippen molar-refractivity contribution in [1.82, 2.24) is 0 Å². The van der Waals surface area contributed by atoms with Crippen molar-refractivity contribution < 1.29 is 63.1 Å². The molecule has 0 saturated heterocycles. The van der Waals surface area contributed by atoms with Crippen molar-refractivity contribution in [3.63, 3.8) is 0 Å². The summed E-state index contributed by atoms with van der Waals surface area (Å²) in [5, 5.41) is 8.50. The topological polar surface area (TPSA) is 113 Å². The molecule has 0 aliphatic carbocycles. The van der Waals surface area contributed by atoms with Gasteiger partial charge in [0.15, 0.2) is 0 Å². The van der Waals surface area contributed by atoms with Crippen molar-refractivity contribution in [3.05, 3.63) is 0 Å². The molecule has 0 spiro atoms. The van der Waals surface area contributed by atoms with Crippen molar-refractivity contribution in [3.8, 4) is 0 Å². The minimum Gasteiger partial charge on any atom is -1.00 e. The number of unbranched alkanes of at least 4 members (excludes halogenated alkanes) is 9.